The zero-order valence-electron chi connectivity index (χ0n) is 11.3. The van der Waals surface area contributed by atoms with Gasteiger partial charge in [0.05, 0.1) is 6.61 Å². The number of nitrogen functional groups attached to an aromatic ring is 1. The minimum Gasteiger partial charge on any atom is -0.492 e. The first kappa shape index (κ1) is 14.1. The number of rotatable bonds is 4. The predicted octanol–water partition coefficient (Wildman–Crippen LogP) is 1.62. The Kier molecular flexibility index (Phi) is 4.01. The van der Waals surface area contributed by atoms with Crippen molar-refractivity contribution in [3.63, 3.8) is 0 Å². The molecule has 0 radical (unpaired) electrons. The van der Waals surface area contributed by atoms with E-state index in [0.29, 0.717) is 31.1 Å². The van der Waals surface area contributed by atoms with E-state index in [4.69, 9.17) is 10.5 Å². The Hall–Kier alpha value is -1.27. The SMILES string of the molecule is CCN(CC)S(=O)(=O)c1cc(N)cc2c1OCCC2. The minimum atomic E-state index is -3.54. The molecule has 106 valence electrons. The third-order valence-electron chi connectivity index (χ3n) is 3.31. The van der Waals surface area contributed by atoms with Gasteiger partial charge < -0.3 is 10.5 Å². The van der Waals surface area contributed by atoms with E-state index in [1.807, 2.05) is 13.8 Å². The molecule has 1 aliphatic rings. The monoisotopic (exact) mass is 284 g/mol. The summed E-state index contributed by atoms with van der Waals surface area (Å²) < 4.78 is 32.2. The quantitative estimate of drug-likeness (QED) is 0.853. The summed E-state index contributed by atoms with van der Waals surface area (Å²) in [6, 6.07) is 3.30. The van der Waals surface area contributed by atoms with Crippen LogP contribution in [0.2, 0.25) is 0 Å². The number of benzene rings is 1. The summed E-state index contributed by atoms with van der Waals surface area (Å²) in [5, 5.41) is 0. The maximum absolute atomic E-state index is 12.6. The minimum absolute atomic E-state index is 0.200. The molecule has 19 heavy (non-hydrogen) atoms. The van der Waals surface area contributed by atoms with Gasteiger partial charge in [-0.25, -0.2) is 8.42 Å². The van der Waals surface area contributed by atoms with Gasteiger partial charge in [0.25, 0.3) is 0 Å². The van der Waals surface area contributed by atoms with Crippen LogP contribution in [-0.2, 0) is 16.4 Å². The molecule has 0 bridgehead atoms. The average molecular weight is 284 g/mol. The number of fused-ring (bicyclic) bond motifs is 1. The van der Waals surface area contributed by atoms with Gasteiger partial charge in [-0.1, -0.05) is 13.8 Å². The molecular formula is C13H20N2O3S. The van der Waals surface area contributed by atoms with Crippen LogP contribution in [0.5, 0.6) is 5.75 Å². The van der Waals surface area contributed by atoms with Crippen LogP contribution in [0, 0.1) is 0 Å². The molecule has 0 aliphatic carbocycles. The van der Waals surface area contributed by atoms with Crippen LogP contribution < -0.4 is 10.5 Å². The van der Waals surface area contributed by atoms with Crippen LogP contribution in [0.15, 0.2) is 17.0 Å². The zero-order chi connectivity index (χ0) is 14.0. The Balaban J connectivity index is 2.59. The molecule has 0 aromatic heterocycles. The molecule has 0 atom stereocenters. The van der Waals surface area contributed by atoms with Crippen molar-refractivity contribution in [1.82, 2.24) is 4.31 Å². The van der Waals surface area contributed by atoms with Gasteiger partial charge in [0.15, 0.2) is 0 Å². The first-order valence-electron chi connectivity index (χ1n) is 6.56. The van der Waals surface area contributed by atoms with E-state index in [0.717, 1.165) is 18.4 Å². The Morgan fingerprint density at radius 3 is 2.63 bits per heavy atom. The van der Waals surface area contributed by atoms with Crippen LogP contribution in [0.3, 0.4) is 0 Å². The summed E-state index contributed by atoms with van der Waals surface area (Å²) >= 11 is 0. The summed E-state index contributed by atoms with van der Waals surface area (Å²) in [6.45, 7) is 5.06. The highest BCUT2D eigenvalue weighted by Gasteiger charge is 2.29. The van der Waals surface area contributed by atoms with E-state index in [1.165, 1.54) is 10.4 Å². The maximum Gasteiger partial charge on any atom is 0.246 e. The lowest BCUT2D eigenvalue weighted by Gasteiger charge is -2.24. The smallest absolute Gasteiger partial charge is 0.246 e. The Labute approximate surface area is 114 Å². The maximum atomic E-state index is 12.6. The number of nitrogens with zero attached hydrogens (tertiary/aromatic N) is 1. The van der Waals surface area contributed by atoms with E-state index in [1.54, 1.807) is 6.07 Å². The molecular weight excluding hydrogens is 264 g/mol. The summed E-state index contributed by atoms with van der Waals surface area (Å²) in [7, 11) is -3.54. The van der Waals surface area contributed by atoms with Crippen molar-refractivity contribution < 1.29 is 13.2 Å². The van der Waals surface area contributed by atoms with Crippen LogP contribution in [0.25, 0.3) is 0 Å². The summed E-state index contributed by atoms with van der Waals surface area (Å²) in [4.78, 5) is 0.200. The number of hydrogen-bond donors (Lipinski definition) is 1. The standard InChI is InChI=1S/C13H20N2O3S/c1-3-15(4-2)19(16,17)12-9-11(14)8-10-6-5-7-18-13(10)12/h8-9H,3-7,14H2,1-2H3. The zero-order valence-corrected chi connectivity index (χ0v) is 12.2. The van der Waals surface area contributed by atoms with Crippen molar-refractivity contribution in [2.45, 2.75) is 31.6 Å². The number of ether oxygens (including phenoxy) is 1. The van der Waals surface area contributed by atoms with Crippen molar-refractivity contribution in [1.29, 1.82) is 0 Å². The number of anilines is 1. The van der Waals surface area contributed by atoms with Crippen molar-refractivity contribution in [3.05, 3.63) is 17.7 Å². The third kappa shape index (κ3) is 2.55. The van der Waals surface area contributed by atoms with Gasteiger partial charge >= 0.3 is 0 Å². The van der Waals surface area contributed by atoms with Crippen LogP contribution in [0.1, 0.15) is 25.8 Å². The molecule has 0 unspecified atom stereocenters. The van der Waals surface area contributed by atoms with E-state index >= 15 is 0 Å². The molecule has 2 N–H and O–H groups in total. The largest absolute Gasteiger partial charge is 0.492 e. The topological polar surface area (TPSA) is 72.6 Å². The van der Waals surface area contributed by atoms with E-state index in [9.17, 15) is 8.42 Å². The first-order chi connectivity index (χ1) is 9.00. The number of hydrogen-bond acceptors (Lipinski definition) is 4. The van der Waals surface area contributed by atoms with E-state index < -0.39 is 10.0 Å². The van der Waals surface area contributed by atoms with E-state index in [-0.39, 0.29) is 4.90 Å². The molecule has 1 heterocycles. The van der Waals surface area contributed by atoms with E-state index in [2.05, 4.69) is 0 Å². The molecule has 0 saturated carbocycles. The summed E-state index contributed by atoms with van der Waals surface area (Å²) in [5.41, 5.74) is 7.18. The lowest BCUT2D eigenvalue weighted by atomic mass is 10.1. The Morgan fingerprint density at radius 1 is 1.32 bits per heavy atom. The number of sulfonamides is 1. The van der Waals surface area contributed by atoms with Crippen LogP contribution >= 0.6 is 0 Å². The highest BCUT2D eigenvalue weighted by molar-refractivity contribution is 7.89. The molecule has 0 spiro atoms. The van der Waals surface area contributed by atoms with Gasteiger partial charge in [-0.15, -0.1) is 0 Å². The molecule has 5 nitrogen and oxygen atoms in total. The van der Waals surface area contributed by atoms with Gasteiger partial charge in [-0.05, 0) is 30.5 Å². The Morgan fingerprint density at radius 2 is 2.00 bits per heavy atom. The lowest BCUT2D eigenvalue weighted by Crippen LogP contribution is -2.31. The fourth-order valence-corrected chi connectivity index (χ4v) is 4.03. The summed E-state index contributed by atoms with van der Waals surface area (Å²) in [6.07, 6.45) is 1.70. The second kappa shape index (κ2) is 5.38. The van der Waals surface area contributed by atoms with Crippen molar-refractivity contribution >= 4 is 15.7 Å². The number of nitrogens with two attached hydrogens (primary N) is 1. The van der Waals surface area contributed by atoms with Crippen molar-refractivity contribution in [2.75, 3.05) is 25.4 Å². The lowest BCUT2D eigenvalue weighted by molar-refractivity contribution is 0.279. The molecule has 6 heteroatoms. The second-order valence-corrected chi connectivity index (χ2v) is 6.45. The molecule has 0 fully saturated rings. The van der Waals surface area contributed by atoms with Crippen molar-refractivity contribution in [2.24, 2.45) is 0 Å². The fourth-order valence-electron chi connectivity index (χ4n) is 2.36. The molecule has 1 aromatic carbocycles. The predicted molar refractivity (Wildman–Crippen MR) is 74.8 cm³/mol. The van der Waals surface area contributed by atoms with Gasteiger partial charge in [0.1, 0.15) is 10.6 Å². The van der Waals surface area contributed by atoms with Crippen LogP contribution in [0.4, 0.5) is 5.69 Å². The fraction of sp³-hybridized carbons (Fsp3) is 0.538. The normalized spacial score (nSPS) is 15.1. The van der Waals surface area contributed by atoms with Crippen molar-refractivity contribution in [3.8, 4) is 5.75 Å². The molecule has 0 saturated heterocycles. The van der Waals surface area contributed by atoms with Gasteiger partial charge in [-0.2, -0.15) is 4.31 Å². The first-order valence-corrected chi connectivity index (χ1v) is 8.00. The molecule has 1 aliphatic heterocycles. The average Bonchev–Trinajstić information content (AvgIpc) is 2.38. The molecule has 2 rings (SSSR count). The third-order valence-corrected chi connectivity index (χ3v) is 5.37. The van der Waals surface area contributed by atoms with Gasteiger partial charge in [0, 0.05) is 18.8 Å². The summed E-state index contributed by atoms with van der Waals surface area (Å²) in [5.74, 6) is 0.479. The Bertz CT molecular complexity index is 565. The second-order valence-electron chi connectivity index (χ2n) is 4.55. The highest BCUT2D eigenvalue weighted by Crippen LogP contribution is 2.35. The molecule has 1 aromatic rings. The van der Waals surface area contributed by atoms with Gasteiger partial charge in [0.2, 0.25) is 10.0 Å². The van der Waals surface area contributed by atoms with Crippen LogP contribution in [-0.4, -0.2) is 32.4 Å². The molecule has 0 amide bonds. The number of aryl methyl sites for hydroxylation is 1. The highest BCUT2D eigenvalue weighted by atomic mass is 32.2. The van der Waals surface area contributed by atoms with Gasteiger partial charge in [-0.3, -0.25) is 0 Å².